The summed E-state index contributed by atoms with van der Waals surface area (Å²) in [5.41, 5.74) is 2.90. The van der Waals surface area contributed by atoms with Crippen molar-refractivity contribution in [2.45, 2.75) is 16.2 Å². The molecule has 2 aliphatic heterocycles. The van der Waals surface area contributed by atoms with Gasteiger partial charge < -0.3 is 0 Å². The van der Waals surface area contributed by atoms with Crippen molar-refractivity contribution in [2.75, 3.05) is 5.32 Å². The number of anilines is 1. The van der Waals surface area contributed by atoms with Gasteiger partial charge in [-0.25, -0.2) is 0 Å². The average molecular weight is 210 g/mol. The molecule has 1 aromatic rings. The Bertz CT molecular complexity index is 268. The summed E-state index contributed by atoms with van der Waals surface area (Å²) in [5, 5.41) is 3.56. The summed E-state index contributed by atoms with van der Waals surface area (Å²) < 4.78 is 0. The van der Waals surface area contributed by atoms with Crippen LogP contribution in [0.5, 0.6) is 0 Å². The fourth-order valence-electron chi connectivity index (χ4n) is 1.63. The van der Waals surface area contributed by atoms with Crippen LogP contribution in [0, 0.1) is 0 Å². The molecule has 2 atom stereocenters. The van der Waals surface area contributed by atoms with E-state index in [2.05, 4.69) is 29.6 Å². The van der Waals surface area contributed by atoms with Crippen LogP contribution in [-0.2, 0) is 6.42 Å². The van der Waals surface area contributed by atoms with E-state index in [1.54, 1.807) is 0 Å². The number of fused-ring (bicyclic) bond motifs is 2. The minimum absolute atomic E-state index is 0.873. The quantitative estimate of drug-likeness (QED) is 0.639. The van der Waals surface area contributed by atoms with E-state index in [1.807, 2.05) is 0 Å². The van der Waals surface area contributed by atoms with E-state index in [1.165, 1.54) is 17.7 Å². The van der Waals surface area contributed by atoms with Crippen molar-refractivity contribution in [1.82, 2.24) is 0 Å². The number of rotatable bonds is 0. The van der Waals surface area contributed by atoms with Crippen LogP contribution in [0.2, 0.25) is 4.82 Å². The second-order valence-corrected chi connectivity index (χ2v) is 6.01. The van der Waals surface area contributed by atoms with Crippen molar-refractivity contribution in [3.8, 4) is 0 Å². The topological polar surface area (TPSA) is 12.0 Å². The Morgan fingerprint density at radius 1 is 1.36 bits per heavy atom. The second kappa shape index (κ2) is 2.02. The van der Waals surface area contributed by atoms with Gasteiger partial charge in [0.1, 0.15) is 0 Å². The zero-order valence-corrected chi connectivity index (χ0v) is 7.79. The molecular weight excluding hydrogens is 201 g/mol. The summed E-state index contributed by atoms with van der Waals surface area (Å²) in [7, 11) is 0. The molecule has 2 unspecified atom stereocenters. The molecule has 0 aromatic heterocycles. The molecule has 56 valence electrons. The molecule has 2 aliphatic rings. The van der Waals surface area contributed by atoms with Crippen LogP contribution in [0.15, 0.2) is 24.3 Å². The van der Waals surface area contributed by atoms with E-state index in [9.17, 15) is 0 Å². The Morgan fingerprint density at radius 2 is 2.27 bits per heavy atom. The second-order valence-electron chi connectivity index (χ2n) is 3.10. The molecule has 0 amide bonds. The first kappa shape index (κ1) is 6.10. The van der Waals surface area contributed by atoms with Gasteiger partial charge in [-0.15, -0.1) is 0 Å². The monoisotopic (exact) mass is 211 g/mol. The zero-order chi connectivity index (χ0) is 7.26. The SMILES string of the molecule is c1ccc2c(c1)CC1[Se]C1N2. The molecule has 0 radical (unpaired) electrons. The van der Waals surface area contributed by atoms with E-state index in [0.717, 1.165) is 24.7 Å². The van der Waals surface area contributed by atoms with Gasteiger partial charge in [0.15, 0.2) is 0 Å². The van der Waals surface area contributed by atoms with Crippen LogP contribution in [-0.4, -0.2) is 19.9 Å². The van der Waals surface area contributed by atoms with Crippen LogP contribution < -0.4 is 5.32 Å². The van der Waals surface area contributed by atoms with Gasteiger partial charge in [-0.05, 0) is 0 Å². The number of para-hydroxylation sites is 1. The number of hydrogen-bond donors (Lipinski definition) is 1. The molecule has 2 heteroatoms. The average Bonchev–Trinajstić information content (AvgIpc) is 2.77. The molecule has 1 fully saturated rings. The predicted octanol–water partition coefficient (Wildman–Crippen LogP) is 1.49. The van der Waals surface area contributed by atoms with E-state index < -0.39 is 0 Å². The molecule has 2 heterocycles. The van der Waals surface area contributed by atoms with Crippen LogP contribution in [0.3, 0.4) is 0 Å². The van der Waals surface area contributed by atoms with E-state index in [-0.39, 0.29) is 0 Å². The Morgan fingerprint density at radius 3 is 3.27 bits per heavy atom. The first-order valence-electron chi connectivity index (χ1n) is 3.93. The third-order valence-corrected chi connectivity index (χ3v) is 4.87. The van der Waals surface area contributed by atoms with Gasteiger partial charge in [-0.1, -0.05) is 0 Å². The predicted molar refractivity (Wildman–Crippen MR) is 47.1 cm³/mol. The Balaban J connectivity index is 2.07. The van der Waals surface area contributed by atoms with Gasteiger partial charge in [0.2, 0.25) is 0 Å². The number of hydrogen-bond acceptors (Lipinski definition) is 1. The fourth-order valence-corrected chi connectivity index (χ4v) is 3.57. The van der Waals surface area contributed by atoms with Crippen molar-refractivity contribution in [2.24, 2.45) is 0 Å². The van der Waals surface area contributed by atoms with E-state index >= 15 is 0 Å². The Hall–Kier alpha value is -0.461. The minimum atomic E-state index is 0.873. The Kier molecular flexibility index (Phi) is 1.12. The van der Waals surface area contributed by atoms with E-state index in [4.69, 9.17) is 0 Å². The van der Waals surface area contributed by atoms with Gasteiger partial charge in [0.25, 0.3) is 0 Å². The number of nitrogens with one attached hydrogen (secondary N) is 1. The molecule has 0 spiro atoms. The summed E-state index contributed by atoms with van der Waals surface area (Å²) in [4.78, 5) is 1.88. The fraction of sp³-hybridized carbons (Fsp3) is 0.333. The van der Waals surface area contributed by atoms with Crippen molar-refractivity contribution in [3.63, 3.8) is 0 Å². The molecule has 0 bridgehead atoms. The van der Waals surface area contributed by atoms with Gasteiger partial charge >= 0.3 is 72.0 Å². The van der Waals surface area contributed by atoms with Crippen LogP contribution in [0.1, 0.15) is 5.56 Å². The molecule has 3 rings (SSSR count). The number of benzene rings is 1. The molecule has 11 heavy (non-hydrogen) atoms. The molecule has 0 aliphatic carbocycles. The standard InChI is InChI=1S/C9H9NSe/c1-2-4-7-6(3-1)5-8-9(10-7)11-8/h1-4,8-10H,5H2. The van der Waals surface area contributed by atoms with Crippen LogP contribution in [0.4, 0.5) is 5.69 Å². The maximum absolute atomic E-state index is 3.56. The summed E-state index contributed by atoms with van der Waals surface area (Å²) in [5.74, 6) is 0. The van der Waals surface area contributed by atoms with Crippen molar-refractivity contribution in [1.29, 1.82) is 0 Å². The van der Waals surface area contributed by atoms with Crippen LogP contribution in [0.25, 0.3) is 0 Å². The zero-order valence-electron chi connectivity index (χ0n) is 6.08. The third kappa shape index (κ3) is 0.900. The summed E-state index contributed by atoms with van der Waals surface area (Å²) in [6, 6.07) is 8.69. The first-order valence-corrected chi connectivity index (χ1v) is 5.91. The summed E-state index contributed by atoms with van der Waals surface area (Å²) >= 11 is 0.888. The van der Waals surface area contributed by atoms with Gasteiger partial charge in [0, 0.05) is 0 Å². The third-order valence-electron chi connectivity index (χ3n) is 2.32. The molecule has 1 nitrogen and oxygen atoms in total. The first-order chi connectivity index (χ1) is 5.43. The maximum atomic E-state index is 3.56. The molecular formula is C9H9NSe. The molecule has 1 aromatic carbocycles. The molecule has 1 saturated heterocycles. The van der Waals surface area contributed by atoms with Crippen molar-refractivity contribution < 1.29 is 0 Å². The van der Waals surface area contributed by atoms with Crippen LogP contribution >= 0.6 is 0 Å². The molecule has 0 saturated carbocycles. The van der Waals surface area contributed by atoms with Gasteiger partial charge in [-0.3, -0.25) is 0 Å². The van der Waals surface area contributed by atoms with Crippen molar-refractivity contribution >= 4 is 20.6 Å². The Labute approximate surface area is 72.3 Å². The summed E-state index contributed by atoms with van der Waals surface area (Å²) in [6.07, 6.45) is 1.33. The van der Waals surface area contributed by atoms with Gasteiger partial charge in [0.05, 0.1) is 0 Å². The molecule has 1 N–H and O–H groups in total. The van der Waals surface area contributed by atoms with E-state index in [0.29, 0.717) is 0 Å². The van der Waals surface area contributed by atoms with Crippen molar-refractivity contribution in [3.05, 3.63) is 29.8 Å². The summed E-state index contributed by atoms with van der Waals surface area (Å²) in [6.45, 7) is 0. The van der Waals surface area contributed by atoms with Gasteiger partial charge in [-0.2, -0.15) is 0 Å². The normalized spacial score (nSPS) is 31.6.